The maximum Gasteiger partial charge on any atom is 0.295 e. The Morgan fingerprint density at radius 2 is 1.77 bits per heavy atom. The monoisotopic (exact) mass is 493 g/mol. The number of anilines is 1. The zero-order valence-electron chi connectivity index (χ0n) is 19.5. The highest BCUT2D eigenvalue weighted by Gasteiger charge is 2.18. The summed E-state index contributed by atoms with van der Waals surface area (Å²) >= 11 is 1.07. The maximum atomic E-state index is 13.1. The van der Waals surface area contributed by atoms with Crippen molar-refractivity contribution in [3.63, 3.8) is 0 Å². The van der Waals surface area contributed by atoms with Crippen LogP contribution in [-0.2, 0) is 18.3 Å². The third-order valence-corrected chi connectivity index (χ3v) is 6.53. The van der Waals surface area contributed by atoms with Crippen molar-refractivity contribution in [3.8, 4) is 5.69 Å². The van der Waals surface area contributed by atoms with Gasteiger partial charge in [0.15, 0.2) is 5.16 Å². The summed E-state index contributed by atoms with van der Waals surface area (Å²) in [5.74, 6) is -0.775. The van der Waals surface area contributed by atoms with Gasteiger partial charge in [-0.05, 0) is 43.7 Å². The number of hydrogen-bond donors (Lipinski definition) is 2. The van der Waals surface area contributed by atoms with Crippen molar-refractivity contribution in [1.29, 1.82) is 0 Å². The van der Waals surface area contributed by atoms with Gasteiger partial charge >= 0.3 is 0 Å². The predicted molar refractivity (Wildman–Crippen MR) is 134 cm³/mol. The van der Waals surface area contributed by atoms with E-state index in [2.05, 4.69) is 15.3 Å². The Hall–Kier alpha value is -3.92. The first kappa shape index (κ1) is 24.2. The number of halogens is 1. The summed E-state index contributed by atoms with van der Waals surface area (Å²) in [7, 11) is 1.75. The molecule has 0 saturated heterocycles. The standard InChI is InChI=1S/C25H24FN5O3S/c1-15-20(13-17-9-11-18(26)12-10-17)23(33)29-25(27-15)35-14-21(32)28-22-16(2)30(3)31(24(22)34)19-7-5-4-6-8-19/h4-12H,13-14H2,1-3H3,(H,28,32)(H,27,29,33). The number of rotatable bonds is 7. The Labute approximate surface area is 204 Å². The third kappa shape index (κ3) is 5.27. The van der Waals surface area contributed by atoms with Crippen molar-refractivity contribution >= 4 is 23.4 Å². The number of benzene rings is 2. The summed E-state index contributed by atoms with van der Waals surface area (Å²) < 4.78 is 16.3. The van der Waals surface area contributed by atoms with E-state index < -0.39 is 5.91 Å². The van der Waals surface area contributed by atoms with Crippen LogP contribution in [0.15, 0.2) is 69.3 Å². The average Bonchev–Trinajstić information content (AvgIpc) is 3.05. The Morgan fingerprint density at radius 3 is 2.43 bits per heavy atom. The van der Waals surface area contributed by atoms with Crippen LogP contribution in [0.3, 0.4) is 0 Å². The molecule has 35 heavy (non-hydrogen) atoms. The van der Waals surface area contributed by atoms with E-state index in [0.717, 1.165) is 17.3 Å². The lowest BCUT2D eigenvalue weighted by molar-refractivity contribution is -0.113. The summed E-state index contributed by atoms with van der Waals surface area (Å²) in [6.07, 6.45) is 0.320. The fourth-order valence-electron chi connectivity index (χ4n) is 3.69. The molecule has 2 N–H and O–H groups in total. The fraction of sp³-hybridized carbons (Fsp3) is 0.200. The van der Waals surface area contributed by atoms with Crippen LogP contribution in [-0.4, -0.2) is 31.0 Å². The Kier molecular flexibility index (Phi) is 7.02. The van der Waals surface area contributed by atoms with Crippen molar-refractivity contribution in [1.82, 2.24) is 19.3 Å². The van der Waals surface area contributed by atoms with Crippen LogP contribution in [0.1, 0.15) is 22.5 Å². The summed E-state index contributed by atoms with van der Waals surface area (Å²) in [6.45, 7) is 3.48. The lowest BCUT2D eigenvalue weighted by Crippen LogP contribution is -2.24. The normalized spacial score (nSPS) is 11.0. The topological polar surface area (TPSA) is 102 Å². The van der Waals surface area contributed by atoms with E-state index in [1.54, 1.807) is 37.7 Å². The van der Waals surface area contributed by atoms with Gasteiger partial charge < -0.3 is 10.3 Å². The van der Waals surface area contributed by atoms with E-state index >= 15 is 0 Å². The number of H-pyrrole nitrogens is 1. The average molecular weight is 494 g/mol. The van der Waals surface area contributed by atoms with Crippen molar-refractivity contribution in [2.45, 2.75) is 25.4 Å². The van der Waals surface area contributed by atoms with Crippen molar-refractivity contribution in [2.75, 3.05) is 11.1 Å². The highest BCUT2D eigenvalue weighted by atomic mass is 32.2. The molecule has 0 unspecified atom stereocenters. The van der Waals surface area contributed by atoms with Crippen LogP contribution in [0.4, 0.5) is 10.1 Å². The Morgan fingerprint density at radius 1 is 1.09 bits per heavy atom. The molecule has 4 rings (SSSR count). The van der Waals surface area contributed by atoms with E-state index in [0.29, 0.717) is 34.2 Å². The molecule has 0 spiro atoms. The van der Waals surface area contributed by atoms with Gasteiger partial charge in [-0.15, -0.1) is 0 Å². The van der Waals surface area contributed by atoms with Gasteiger partial charge in [0.25, 0.3) is 11.1 Å². The number of nitrogens with zero attached hydrogens (tertiary/aromatic N) is 3. The van der Waals surface area contributed by atoms with E-state index in [-0.39, 0.29) is 28.4 Å². The summed E-state index contributed by atoms with van der Waals surface area (Å²) in [5.41, 5.74) is 2.67. The minimum atomic E-state index is -0.392. The van der Waals surface area contributed by atoms with Crippen LogP contribution in [0.25, 0.3) is 5.69 Å². The van der Waals surface area contributed by atoms with E-state index in [1.165, 1.54) is 16.8 Å². The molecule has 4 aromatic rings. The summed E-state index contributed by atoms with van der Waals surface area (Å²) in [4.78, 5) is 45.3. The molecule has 2 heterocycles. The SMILES string of the molecule is Cc1nc(SCC(=O)Nc2c(C)n(C)n(-c3ccccc3)c2=O)[nH]c(=O)c1Cc1ccc(F)cc1. The van der Waals surface area contributed by atoms with Gasteiger partial charge in [0.05, 0.1) is 17.1 Å². The predicted octanol–water partition coefficient (Wildman–Crippen LogP) is 3.34. The molecule has 0 aliphatic rings. The lowest BCUT2D eigenvalue weighted by atomic mass is 10.1. The number of hydrogen-bond acceptors (Lipinski definition) is 5. The molecule has 0 fully saturated rings. The van der Waals surface area contributed by atoms with Crippen molar-refractivity contribution in [2.24, 2.45) is 7.05 Å². The van der Waals surface area contributed by atoms with Crippen LogP contribution in [0, 0.1) is 19.7 Å². The van der Waals surface area contributed by atoms with Crippen molar-refractivity contribution in [3.05, 3.63) is 104 Å². The molecule has 0 radical (unpaired) electrons. The van der Waals surface area contributed by atoms with E-state index in [1.807, 2.05) is 30.3 Å². The molecule has 1 amide bonds. The number of carbonyl (C=O) groups excluding carboxylic acids is 1. The second-order valence-electron chi connectivity index (χ2n) is 8.01. The summed E-state index contributed by atoms with van der Waals surface area (Å²) in [5, 5.41) is 3.00. The first-order valence-corrected chi connectivity index (χ1v) is 11.8. The highest BCUT2D eigenvalue weighted by molar-refractivity contribution is 7.99. The second kappa shape index (κ2) is 10.1. The van der Waals surface area contributed by atoms with Gasteiger partial charge in [-0.25, -0.2) is 14.1 Å². The molecule has 2 aromatic carbocycles. The number of aryl methyl sites for hydroxylation is 1. The zero-order valence-corrected chi connectivity index (χ0v) is 20.3. The molecule has 0 atom stereocenters. The number of aromatic nitrogens is 4. The fourth-order valence-corrected chi connectivity index (χ4v) is 4.40. The summed E-state index contributed by atoms with van der Waals surface area (Å²) in [6, 6.07) is 15.1. The van der Waals surface area contributed by atoms with Crippen LogP contribution in [0.5, 0.6) is 0 Å². The first-order chi connectivity index (χ1) is 16.7. The molecule has 0 saturated carbocycles. The number of nitrogens with one attached hydrogen (secondary N) is 2. The molecule has 0 aliphatic heterocycles. The lowest BCUT2D eigenvalue weighted by Gasteiger charge is -2.08. The number of amides is 1. The number of aromatic amines is 1. The quantitative estimate of drug-likeness (QED) is 0.304. The first-order valence-electron chi connectivity index (χ1n) is 10.9. The minimum absolute atomic E-state index is 0.0429. The van der Waals surface area contributed by atoms with E-state index in [9.17, 15) is 18.8 Å². The molecule has 180 valence electrons. The molecular weight excluding hydrogens is 469 g/mol. The van der Waals surface area contributed by atoms with Gasteiger partial charge in [-0.3, -0.25) is 19.1 Å². The molecule has 2 aromatic heterocycles. The Bertz CT molecular complexity index is 1490. The smallest absolute Gasteiger partial charge is 0.295 e. The molecule has 0 aliphatic carbocycles. The van der Waals surface area contributed by atoms with Crippen LogP contribution < -0.4 is 16.4 Å². The second-order valence-corrected chi connectivity index (χ2v) is 8.98. The van der Waals surface area contributed by atoms with Gasteiger partial charge in [-0.2, -0.15) is 0 Å². The zero-order chi connectivity index (χ0) is 25.1. The number of carbonyl (C=O) groups is 1. The largest absolute Gasteiger partial charge is 0.319 e. The third-order valence-electron chi connectivity index (χ3n) is 5.65. The van der Waals surface area contributed by atoms with Gasteiger partial charge in [-0.1, -0.05) is 42.1 Å². The van der Waals surface area contributed by atoms with Crippen molar-refractivity contribution < 1.29 is 9.18 Å². The minimum Gasteiger partial charge on any atom is -0.319 e. The van der Waals surface area contributed by atoms with Gasteiger partial charge in [0.1, 0.15) is 11.5 Å². The molecular formula is C25H24FN5O3S. The molecule has 0 bridgehead atoms. The van der Waals surface area contributed by atoms with Crippen LogP contribution in [0.2, 0.25) is 0 Å². The number of para-hydroxylation sites is 1. The number of thioether (sulfide) groups is 1. The molecule has 10 heteroatoms. The van der Waals surface area contributed by atoms with Crippen LogP contribution >= 0.6 is 11.8 Å². The van der Waals surface area contributed by atoms with Gasteiger partial charge in [0, 0.05) is 24.7 Å². The molecule has 8 nitrogen and oxygen atoms in total. The van der Waals surface area contributed by atoms with E-state index in [4.69, 9.17) is 0 Å². The van der Waals surface area contributed by atoms with Gasteiger partial charge in [0.2, 0.25) is 5.91 Å². The maximum absolute atomic E-state index is 13.1. The highest BCUT2D eigenvalue weighted by Crippen LogP contribution is 2.17. The Balaban J connectivity index is 1.45.